The lowest BCUT2D eigenvalue weighted by molar-refractivity contribution is 0.769. The van der Waals surface area contributed by atoms with Gasteiger partial charge in [-0.15, -0.1) is 0 Å². The second-order valence-electron chi connectivity index (χ2n) is 13.8. The van der Waals surface area contributed by atoms with Crippen LogP contribution in [0.1, 0.15) is 22.3 Å². The van der Waals surface area contributed by atoms with Gasteiger partial charge >= 0.3 is 0 Å². The van der Waals surface area contributed by atoms with E-state index in [0.29, 0.717) is 17.5 Å². The van der Waals surface area contributed by atoms with E-state index in [0.717, 1.165) is 39.1 Å². The summed E-state index contributed by atoms with van der Waals surface area (Å²) in [5.74, 6) is 1.94. The van der Waals surface area contributed by atoms with Crippen LogP contribution in [-0.2, 0) is 5.41 Å². The van der Waals surface area contributed by atoms with Crippen LogP contribution in [0.2, 0.25) is 0 Å². The number of pyridine rings is 1. The first-order chi connectivity index (χ1) is 27.3. The van der Waals surface area contributed by atoms with E-state index >= 15 is 0 Å². The van der Waals surface area contributed by atoms with E-state index in [-0.39, 0.29) is 0 Å². The van der Waals surface area contributed by atoms with Gasteiger partial charge in [0.2, 0.25) is 0 Å². The van der Waals surface area contributed by atoms with Crippen molar-refractivity contribution < 1.29 is 0 Å². The first-order valence-corrected chi connectivity index (χ1v) is 18.6. The molecule has 0 atom stereocenters. The zero-order valence-corrected chi connectivity index (χ0v) is 29.9. The fraction of sp³-hybridized carbons (Fsp3) is 0.0196. The Morgan fingerprint density at radius 2 is 0.745 bits per heavy atom. The van der Waals surface area contributed by atoms with Gasteiger partial charge in [0.1, 0.15) is 0 Å². The summed E-state index contributed by atoms with van der Waals surface area (Å²) in [6.45, 7) is 0. The normalized spacial score (nSPS) is 12.5. The third kappa shape index (κ3) is 5.63. The Hall–Kier alpha value is -7.30. The number of hydrogen-bond acceptors (Lipinski definition) is 4. The van der Waals surface area contributed by atoms with E-state index in [4.69, 9.17) is 19.9 Å². The Balaban J connectivity index is 1.10. The monoisotopic (exact) mass is 702 g/mol. The van der Waals surface area contributed by atoms with Crippen LogP contribution in [0.15, 0.2) is 206 Å². The number of nitrogens with zero attached hydrogens (tertiary/aromatic N) is 4. The van der Waals surface area contributed by atoms with Gasteiger partial charge in [0.15, 0.2) is 17.5 Å². The summed E-state index contributed by atoms with van der Waals surface area (Å²) in [6.07, 6.45) is 1.86. The van der Waals surface area contributed by atoms with Crippen molar-refractivity contribution in [2.45, 2.75) is 5.41 Å². The molecule has 0 N–H and O–H groups in total. The maximum atomic E-state index is 4.96. The topological polar surface area (TPSA) is 51.6 Å². The summed E-state index contributed by atoms with van der Waals surface area (Å²) in [6, 6.07) is 70.5. The molecule has 0 aliphatic heterocycles. The Bertz CT molecular complexity index is 2690. The van der Waals surface area contributed by atoms with Crippen molar-refractivity contribution in [3.8, 4) is 67.7 Å². The van der Waals surface area contributed by atoms with E-state index in [9.17, 15) is 0 Å². The fourth-order valence-corrected chi connectivity index (χ4v) is 8.15. The SMILES string of the molecule is c1ccc(-c2nc(-c3ccccc3)nc(-c3ccc(-c4cccc(C5(c6cccc(-c7ccccn7)c6)c6ccccc6-c6ccccc65)c4)cc3)n2)cc1. The maximum Gasteiger partial charge on any atom is 0.164 e. The summed E-state index contributed by atoms with van der Waals surface area (Å²) >= 11 is 0. The first-order valence-electron chi connectivity index (χ1n) is 18.6. The van der Waals surface area contributed by atoms with E-state index in [2.05, 4.69) is 127 Å². The summed E-state index contributed by atoms with van der Waals surface area (Å²) in [5.41, 5.74) is 14.1. The molecule has 2 aromatic heterocycles. The molecule has 0 unspecified atom stereocenters. The molecule has 9 aromatic rings. The predicted molar refractivity (Wildman–Crippen MR) is 222 cm³/mol. The molecule has 1 aliphatic carbocycles. The van der Waals surface area contributed by atoms with Crippen LogP contribution in [-0.4, -0.2) is 19.9 Å². The van der Waals surface area contributed by atoms with Crippen molar-refractivity contribution in [3.05, 3.63) is 229 Å². The highest BCUT2D eigenvalue weighted by atomic mass is 15.0. The van der Waals surface area contributed by atoms with Crippen LogP contribution in [0.25, 0.3) is 67.7 Å². The van der Waals surface area contributed by atoms with Crippen LogP contribution >= 0.6 is 0 Å². The molecule has 258 valence electrons. The Labute approximate surface area is 320 Å². The Morgan fingerprint density at radius 1 is 0.309 bits per heavy atom. The molecule has 0 amide bonds. The van der Waals surface area contributed by atoms with Crippen molar-refractivity contribution >= 4 is 0 Å². The maximum absolute atomic E-state index is 4.96. The summed E-state index contributed by atoms with van der Waals surface area (Å²) in [7, 11) is 0. The fourth-order valence-electron chi connectivity index (χ4n) is 8.15. The molecule has 55 heavy (non-hydrogen) atoms. The quantitative estimate of drug-likeness (QED) is 0.166. The van der Waals surface area contributed by atoms with Gasteiger partial charge < -0.3 is 0 Å². The van der Waals surface area contributed by atoms with E-state index in [1.54, 1.807) is 0 Å². The molecule has 0 saturated carbocycles. The number of rotatable bonds is 7. The smallest absolute Gasteiger partial charge is 0.164 e. The van der Waals surface area contributed by atoms with Gasteiger partial charge in [0, 0.05) is 28.5 Å². The lowest BCUT2D eigenvalue weighted by atomic mass is 9.67. The lowest BCUT2D eigenvalue weighted by Gasteiger charge is -2.34. The highest BCUT2D eigenvalue weighted by Gasteiger charge is 2.46. The minimum Gasteiger partial charge on any atom is -0.256 e. The molecule has 0 fully saturated rings. The van der Waals surface area contributed by atoms with E-state index in [1.807, 2.05) is 79.0 Å². The molecular formula is C51H34N4. The molecule has 7 aromatic carbocycles. The Kier molecular flexibility index (Phi) is 8.00. The molecule has 0 saturated heterocycles. The molecule has 0 bridgehead atoms. The minimum absolute atomic E-state index is 0.541. The highest BCUT2D eigenvalue weighted by Crippen LogP contribution is 2.56. The Morgan fingerprint density at radius 3 is 1.29 bits per heavy atom. The molecule has 1 aliphatic rings. The van der Waals surface area contributed by atoms with Crippen molar-refractivity contribution in [1.29, 1.82) is 0 Å². The average molecular weight is 703 g/mol. The second-order valence-corrected chi connectivity index (χ2v) is 13.8. The molecule has 2 heterocycles. The summed E-state index contributed by atoms with van der Waals surface area (Å²) in [5, 5.41) is 0. The molecule has 10 rings (SSSR count). The van der Waals surface area contributed by atoms with Crippen LogP contribution in [0.5, 0.6) is 0 Å². The van der Waals surface area contributed by atoms with E-state index < -0.39 is 5.41 Å². The summed E-state index contributed by atoms with van der Waals surface area (Å²) < 4.78 is 0. The van der Waals surface area contributed by atoms with Gasteiger partial charge in [-0.05, 0) is 68.8 Å². The van der Waals surface area contributed by atoms with Gasteiger partial charge in [0.25, 0.3) is 0 Å². The minimum atomic E-state index is -0.541. The van der Waals surface area contributed by atoms with Gasteiger partial charge in [0.05, 0.1) is 11.1 Å². The van der Waals surface area contributed by atoms with Crippen LogP contribution in [0.3, 0.4) is 0 Å². The van der Waals surface area contributed by atoms with Crippen molar-refractivity contribution in [2.75, 3.05) is 0 Å². The molecule has 4 nitrogen and oxygen atoms in total. The van der Waals surface area contributed by atoms with Gasteiger partial charge in [-0.3, -0.25) is 4.98 Å². The standard InChI is InChI=1S/C51H34N4/c1-3-15-36(16-4-1)48-53-49(37-17-5-2-6-18-37)55-50(54-48)38-30-28-35(29-31-38)39-19-13-21-41(33-39)51(42-22-14-20-40(34-42)47-27-11-12-32-52-47)45-25-9-7-23-43(45)44-24-8-10-26-46(44)51/h1-34H. The lowest BCUT2D eigenvalue weighted by Crippen LogP contribution is -2.28. The van der Waals surface area contributed by atoms with Crippen LogP contribution in [0, 0.1) is 0 Å². The largest absolute Gasteiger partial charge is 0.256 e. The van der Waals surface area contributed by atoms with Crippen LogP contribution < -0.4 is 0 Å². The third-order valence-corrected chi connectivity index (χ3v) is 10.7. The van der Waals surface area contributed by atoms with Crippen molar-refractivity contribution in [2.24, 2.45) is 0 Å². The highest BCUT2D eigenvalue weighted by molar-refractivity contribution is 5.87. The van der Waals surface area contributed by atoms with Gasteiger partial charge in [-0.1, -0.05) is 176 Å². The number of benzene rings is 7. The first kappa shape index (κ1) is 32.4. The number of aromatic nitrogens is 4. The average Bonchev–Trinajstić information content (AvgIpc) is 3.58. The summed E-state index contributed by atoms with van der Waals surface area (Å²) in [4.78, 5) is 19.5. The third-order valence-electron chi connectivity index (χ3n) is 10.7. The number of fused-ring (bicyclic) bond motifs is 3. The van der Waals surface area contributed by atoms with Gasteiger partial charge in [-0.2, -0.15) is 0 Å². The predicted octanol–water partition coefficient (Wildman–Crippen LogP) is 12.0. The van der Waals surface area contributed by atoms with Gasteiger partial charge in [-0.25, -0.2) is 15.0 Å². The molecule has 0 radical (unpaired) electrons. The zero-order chi connectivity index (χ0) is 36.6. The second kappa shape index (κ2) is 13.6. The number of hydrogen-bond donors (Lipinski definition) is 0. The molecule has 0 spiro atoms. The van der Waals surface area contributed by atoms with Crippen molar-refractivity contribution in [3.63, 3.8) is 0 Å². The van der Waals surface area contributed by atoms with Crippen molar-refractivity contribution in [1.82, 2.24) is 19.9 Å². The van der Waals surface area contributed by atoms with Crippen LogP contribution in [0.4, 0.5) is 0 Å². The molecular weight excluding hydrogens is 669 g/mol. The molecule has 4 heteroatoms. The zero-order valence-electron chi connectivity index (χ0n) is 29.9. The van der Waals surface area contributed by atoms with E-state index in [1.165, 1.54) is 33.4 Å².